The Bertz CT molecular complexity index is 246. The predicted molar refractivity (Wildman–Crippen MR) is 58.6 cm³/mol. The third-order valence-corrected chi connectivity index (χ3v) is 4.06. The van der Waals surface area contributed by atoms with Crippen molar-refractivity contribution in [2.75, 3.05) is 13.1 Å². The van der Waals surface area contributed by atoms with E-state index in [1.165, 1.54) is 0 Å². The molecule has 3 nitrogen and oxygen atoms in total. The van der Waals surface area contributed by atoms with E-state index in [0.29, 0.717) is 23.7 Å². The van der Waals surface area contributed by atoms with Gasteiger partial charge < -0.3 is 5.11 Å². The van der Waals surface area contributed by atoms with Gasteiger partial charge in [-0.1, -0.05) is 6.92 Å². The Morgan fingerprint density at radius 2 is 2.13 bits per heavy atom. The fourth-order valence-corrected chi connectivity index (χ4v) is 2.73. The molecule has 1 N–H and O–H groups in total. The number of rotatable bonds is 2. The van der Waals surface area contributed by atoms with Crippen LogP contribution in [0.15, 0.2) is 0 Å². The lowest BCUT2D eigenvalue weighted by Crippen LogP contribution is -2.58. The van der Waals surface area contributed by atoms with E-state index in [2.05, 4.69) is 11.8 Å². The number of nitrogens with zero attached hydrogens (tertiary/aromatic N) is 1. The maximum atomic E-state index is 11.4. The minimum absolute atomic E-state index is 0.198. The lowest BCUT2D eigenvalue weighted by atomic mass is 9.80. The van der Waals surface area contributed by atoms with E-state index in [0.717, 1.165) is 32.4 Å². The maximum Gasteiger partial charge on any atom is 0.134 e. The van der Waals surface area contributed by atoms with Crippen LogP contribution in [0.25, 0.3) is 0 Å². The molecule has 3 heteroatoms. The van der Waals surface area contributed by atoms with Gasteiger partial charge in [0, 0.05) is 37.9 Å². The van der Waals surface area contributed by atoms with Gasteiger partial charge in [-0.05, 0) is 19.3 Å². The Balaban J connectivity index is 1.86. The summed E-state index contributed by atoms with van der Waals surface area (Å²) in [5.74, 6) is 1.48. The standard InChI is InChI=1S/C12H21NO2/c1-8-3-4-11(15)5-12(8)13-6-10(7-13)9(2)14/h8-10,12,14H,3-7H2,1-2H3. The van der Waals surface area contributed by atoms with Crippen molar-refractivity contribution in [3.05, 3.63) is 0 Å². The van der Waals surface area contributed by atoms with Crippen LogP contribution >= 0.6 is 0 Å². The molecule has 0 bridgehead atoms. The number of ketones is 1. The number of carbonyl (C=O) groups excluding carboxylic acids is 1. The van der Waals surface area contributed by atoms with Crippen LogP contribution in [0.4, 0.5) is 0 Å². The SMILES string of the molecule is CC(O)C1CN(C2CC(=O)CCC2C)C1. The van der Waals surface area contributed by atoms with E-state index >= 15 is 0 Å². The molecule has 0 amide bonds. The summed E-state index contributed by atoms with van der Waals surface area (Å²) in [6.45, 7) is 6.05. The Morgan fingerprint density at radius 3 is 2.73 bits per heavy atom. The largest absolute Gasteiger partial charge is 0.393 e. The van der Waals surface area contributed by atoms with Gasteiger partial charge in [0.05, 0.1) is 6.10 Å². The van der Waals surface area contributed by atoms with Crippen LogP contribution in [0, 0.1) is 11.8 Å². The first-order valence-corrected chi connectivity index (χ1v) is 6.01. The minimum atomic E-state index is -0.198. The third kappa shape index (κ3) is 2.23. The maximum absolute atomic E-state index is 11.4. The van der Waals surface area contributed by atoms with E-state index < -0.39 is 0 Å². The second-order valence-electron chi connectivity index (χ2n) is 5.28. The highest BCUT2D eigenvalue weighted by atomic mass is 16.3. The average Bonchev–Trinajstić information content (AvgIpc) is 2.08. The fourth-order valence-electron chi connectivity index (χ4n) is 2.73. The first kappa shape index (κ1) is 11.1. The summed E-state index contributed by atoms with van der Waals surface area (Å²) < 4.78 is 0. The molecule has 1 heterocycles. The van der Waals surface area contributed by atoms with Crippen molar-refractivity contribution < 1.29 is 9.90 Å². The van der Waals surface area contributed by atoms with Gasteiger partial charge in [0.2, 0.25) is 0 Å². The predicted octanol–water partition coefficient (Wildman–Crippen LogP) is 1.06. The molecule has 0 aromatic heterocycles. The molecule has 15 heavy (non-hydrogen) atoms. The van der Waals surface area contributed by atoms with Crippen molar-refractivity contribution in [1.29, 1.82) is 0 Å². The zero-order chi connectivity index (χ0) is 11.0. The monoisotopic (exact) mass is 211 g/mol. The first-order chi connectivity index (χ1) is 7.08. The smallest absolute Gasteiger partial charge is 0.134 e. The van der Waals surface area contributed by atoms with Crippen molar-refractivity contribution in [3.63, 3.8) is 0 Å². The molecule has 2 rings (SSSR count). The van der Waals surface area contributed by atoms with E-state index in [1.807, 2.05) is 6.92 Å². The molecule has 0 aromatic rings. The van der Waals surface area contributed by atoms with Crippen LogP contribution in [0.3, 0.4) is 0 Å². The fraction of sp³-hybridized carbons (Fsp3) is 0.917. The van der Waals surface area contributed by atoms with E-state index in [4.69, 9.17) is 0 Å². The summed E-state index contributed by atoms with van der Waals surface area (Å²) in [4.78, 5) is 13.8. The summed E-state index contributed by atoms with van der Waals surface area (Å²) in [6.07, 6.45) is 2.34. The molecule has 86 valence electrons. The van der Waals surface area contributed by atoms with Gasteiger partial charge in [0.15, 0.2) is 0 Å². The first-order valence-electron chi connectivity index (χ1n) is 6.01. The zero-order valence-electron chi connectivity index (χ0n) is 9.65. The molecule has 1 saturated heterocycles. The van der Waals surface area contributed by atoms with Gasteiger partial charge in [-0.3, -0.25) is 9.69 Å². The summed E-state index contributed by atoms with van der Waals surface area (Å²) in [5, 5.41) is 9.41. The highest BCUT2D eigenvalue weighted by molar-refractivity contribution is 5.79. The van der Waals surface area contributed by atoms with Crippen molar-refractivity contribution >= 4 is 5.78 Å². The highest BCUT2D eigenvalue weighted by Gasteiger charge is 2.39. The number of aliphatic hydroxyl groups is 1. The number of hydrogen-bond donors (Lipinski definition) is 1. The number of carbonyl (C=O) groups is 1. The molecule has 2 aliphatic rings. The molecule has 3 atom stereocenters. The molecule has 1 aliphatic carbocycles. The Kier molecular flexibility index (Phi) is 3.12. The molecule has 1 saturated carbocycles. The summed E-state index contributed by atoms with van der Waals surface area (Å²) >= 11 is 0. The van der Waals surface area contributed by atoms with Crippen LogP contribution in [0.1, 0.15) is 33.1 Å². The highest BCUT2D eigenvalue weighted by Crippen LogP contribution is 2.31. The molecule has 2 fully saturated rings. The van der Waals surface area contributed by atoms with Crippen LogP contribution in [-0.4, -0.2) is 41.0 Å². The van der Waals surface area contributed by atoms with Crippen LogP contribution in [0.2, 0.25) is 0 Å². The molecular formula is C12H21NO2. The number of aliphatic hydroxyl groups excluding tert-OH is 1. The van der Waals surface area contributed by atoms with E-state index in [9.17, 15) is 9.90 Å². The van der Waals surface area contributed by atoms with Crippen molar-refractivity contribution in [2.24, 2.45) is 11.8 Å². The second-order valence-corrected chi connectivity index (χ2v) is 5.28. The van der Waals surface area contributed by atoms with E-state index in [-0.39, 0.29) is 6.10 Å². The molecule has 0 spiro atoms. The summed E-state index contributed by atoms with van der Waals surface area (Å²) in [5.41, 5.74) is 0. The lowest BCUT2D eigenvalue weighted by Gasteiger charge is -2.48. The Morgan fingerprint density at radius 1 is 1.47 bits per heavy atom. The number of likely N-dealkylation sites (tertiary alicyclic amines) is 1. The van der Waals surface area contributed by atoms with Crippen LogP contribution in [0.5, 0.6) is 0 Å². The van der Waals surface area contributed by atoms with Crippen molar-refractivity contribution in [3.8, 4) is 0 Å². The topological polar surface area (TPSA) is 40.5 Å². The molecule has 3 unspecified atom stereocenters. The van der Waals surface area contributed by atoms with Gasteiger partial charge in [-0.25, -0.2) is 0 Å². The van der Waals surface area contributed by atoms with Gasteiger partial charge in [-0.2, -0.15) is 0 Å². The average molecular weight is 211 g/mol. The molecule has 1 aliphatic heterocycles. The van der Waals surface area contributed by atoms with Gasteiger partial charge in [0.25, 0.3) is 0 Å². The van der Waals surface area contributed by atoms with Crippen LogP contribution in [-0.2, 0) is 4.79 Å². The van der Waals surface area contributed by atoms with Crippen molar-refractivity contribution in [1.82, 2.24) is 4.90 Å². The van der Waals surface area contributed by atoms with Gasteiger partial charge in [0.1, 0.15) is 5.78 Å². The van der Waals surface area contributed by atoms with E-state index in [1.54, 1.807) is 0 Å². The third-order valence-electron chi connectivity index (χ3n) is 4.06. The second kappa shape index (κ2) is 4.22. The number of Topliss-reactive ketones (excluding diaryl/α,β-unsaturated/α-hetero) is 1. The molecule has 0 aromatic carbocycles. The number of hydrogen-bond acceptors (Lipinski definition) is 3. The zero-order valence-corrected chi connectivity index (χ0v) is 9.65. The normalized spacial score (nSPS) is 36.3. The molecule has 0 radical (unpaired) electrons. The summed E-state index contributed by atoms with van der Waals surface area (Å²) in [7, 11) is 0. The Hall–Kier alpha value is -0.410. The quantitative estimate of drug-likeness (QED) is 0.742. The minimum Gasteiger partial charge on any atom is -0.393 e. The van der Waals surface area contributed by atoms with Crippen molar-refractivity contribution in [2.45, 2.75) is 45.3 Å². The van der Waals surface area contributed by atoms with Crippen LogP contribution < -0.4 is 0 Å². The summed E-state index contributed by atoms with van der Waals surface area (Å²) in [6, 6.07) is 0.446. The lowest BCUT2D eigenvalue weighted by molar-refractivity contribution is -0.125. The Labute approximate surface area is 91.5 Å². The van der Waals surface area contributed by atoms with Gasteiger partial charge >= 0.3 is 0 Å². The molecular weight excluding hydrogens is 190 g/mol. The van der Waals surface area contributed by atoms with Gasteiger partial charge in [-0.15, -0.1) is 0 Å².